The van der Waals surface area contributed by atoms with E-state index in [1.165, 1.54) is 12.1 Å². The minimum absolute atomic E-state index is 0.0633. The molecular weight excluding hydrogens is 360 g/mol. The molecule has 2 aromatic carbocycles. The van der Waals surface area contributed by atoms with Crippen molar-refractivity contribution in [2.75, 3.05) is 5.73 Å². The summed E-state index contributed by atoms with van der Waals surface area (Å²) in [7, 11) is 0. The zero-order valence-electron chi connectivity index (χ0n) is 13.1. The Labute approximate surface area is 154 Å². The van der Waals surface area contributed by atoms with Crippen LogP contribution >= 0.6 is 23.2 Å². The van der Waals surface area contributed by atoms with Crippen molar-refractivity contribution in [2.45, 2.75) is 6.92 Å². The third kappa shape index (κ3) is 3.17. The molecule has 3 aromatic rings. The average molecular weight is 372 g/mol. The number of anilines is 1. The molecule has 0 radical (unpaired) electrons. The lowest BCUT2D eigenvalue weighted by molar-refractivity contribution is 0.628. The van der Waals surface area contributed by atoms with Gasteiger partial charge in [0.25, 0.3) is 0 Å². The molecular formula is C19H12Cl2FN3. The van der Waals surface area contributed by atoms with Gasteiger partial charge >= 0.3 is 0 Å². The van der Waals surface area contributed by atoms with Gasteiger partial charge in [-0.05, 0) is 48.4 Å². The standard InChI is InChI=1S/C19H12Cl2FN3/c1-10-17(11-3-2-4-13(22)7-11)15(9-23)19(24)25-18(10)14-6-5-12(20)8-16(14)21/h2-8H,1H3,(H2,24,25). The first-order chi connectivity index (χ1) is 11.9. The highest BCUT2D eigenvalue weighted by Gasteiger charge is 2.20. The number of hydrogen-bond acceptors (Lipinski definition) is 3. The molecule has 2 N–H and O–H groups in total. The van der Waals surface area contributed by atoms with Crippen molar-refractivity contribution in [1.29, 1.82) is 5.26 Å². The summed E-state index contributed by atoms with van der Waals surface area (Å²) in [6.07, 6.45) is 0. The summed E-state index contributed by atoms with van der Waals surface area (Å²) in [4.78, 5) is 4.35. The molecule has 1 aromatic heterocycles. The Morgan fingerprint density at radius 2 is 1.92 bits per heavy atom. The van der Waals surface area contributed by atoms with Crippen LogP contribution in [0.1, 0.15) is 11.1 Å². The van der Waals surface area contributed by atoms with Crippen LogP contribution in [0.15, 0.2) is 42.5 Å². The molecule has 124 valence electrons. The van der Waals surface area contributed by atoms with Crippen LogP contribution in [0.5, 0.6) is 0 Å². The van der Waals surface area contributed by atoms with Gasteiger partial charge in [0.05, 0.1) is 10.7 Å². The number of rotatable bonds is 2. The predicted octanol–water partition coefficient (Wildman–Crippen LogP) is 5.62. The van der Waals surface area contributed by atoms with Crippen LogP contribution in [-0.4, -0.2) is 4.98 Å². The minimum atomic E-state index is -0.401. The van der Waals surface area contributed by atoms with Crippen LogP contribution in [0.25, 0.3) is 22.4 Å². The van der Waals surface area contributed by atoms with Crippen LogP contribution in [0, 0.1) is 24.1 Å². The second kappa shape index (κ2) is 6.72. The third-order valence-corrected chi connectivity index (χ3v) is 4.43. The Kier molecular flexibility index (Phi) is 4.63. The fourth-order valence-corrected chi connectivity index (χ4v) is 3.25. The summed E-state index contributed by atoms with van der Waals surface area (Å²) < 4.78 is 13.7. The maximum absolute atomic E-state index is 13.7. The van der Waals surface area contributed by atoms with E-state index in [1.807, 2.05) is 0 Å². The van der Waals surface area contributed by atoms with Gasteiger partial charge in [-0.1, -0.05) is 35.3 Å². The van der Waals surface area contributed by atoms with Crippen molar-refractivity contribution in [3.8, 4) is 28.5 Å². The lowest BCUT2D eigenvalue weighted by Crippen LogP contribution is -2.03. The van der Waals surface area contributed by atoms with Crippen LogP contribution in [0.4, 0.5) is 10.2 Å². The third-order valence-electron chi connectivity index (χ3n) is 3.88. The second-order valence-electron chi connectivity index (χ2n) is 5.47. The lowest BCUT2D eigenvalue weighted by Gasteiger charge is -2.16. The van der Waals surface area contributed by atoms with E-state index in [9.17, 15) is 9.65 Å². The van der Waals surface area contributed by atoms with Crippen molar-refractivity contribution in [3.63, 3.8) is 0 Å². The summed E-state index contributed by atoms with van der Waals surface area (Å²) in [5, 5.41) is 10.4. The summed E-state index contributed by atoms with van der Waals surface area (Å²) in [5.74, 6) is -0.337. The van der Waals surface area contributed by atoms with Crippen molar-refractivity contribution in [1.82, 2.24) is 4.98 Å². The molecule has 0 aliphatic rings. The van der Waals surface area contributed by atoms with Crippen molar-refractivity contribution >= 4 is 29.0 Å². The van der Waals surface area contributed by atoms with Crippen LogP contribution in [0.2, 0.25) is 10.0 Å². The van der Waals surface area contributed by atoms with Crippen molar-refractivity contribution in [3.05, 3.63) is 69.5 Å². The van der Waals surface area contributed by atoms with Gasteiger partial charge in [-0.15, -0.1) is 0 Å². The Bertz CT molecular complexity index is 1030. The summed E-state index contributed by atoms with van der Waals surface area (Å²) in [6.45, 7) is 1.80. The van der Waals surface area contributed by atoms with Gasteiger partial charge in [-0.3, -0.25) is 0 Å². The lowest BCUT2D eigenvalue weighted by atomic mass is 9.93. The maximum atomic E-state index is 13.7. The van der Waals surface area contributed by atoms with Gasteiger partial charge in [0.1, 0.15) is 23.3 Å². The molecule has 0 aliphatic heterocycles. The van der Waals surface area contributed by atoms with E-state index in [-0.39, 0.29) is 11.4 Å². The van der Waals surface area contributed by atoms with Crippen LogP contribution in [0.3, 0.4) is 0 Å². The van der Waals surface area contributed by atoms with E-state index < -0.39 is 5.82 Å². The van der Waals surface area contributed by atoms with E-state index in [2.05, 4.69) is 11.1 Å². The number of halogens is 3. The molecule has 0 spiro atoms. The molecule has 25 heavy (non-hydrogen) atoms. The first-order valence-corrected chi connectivity index (χ1v) is 8.09. The molecule has 3 rings (SSSR count). The highest BCUT2D eigenvalue weighted by atomic mass is 35.5. The van der Waals surface area contributed by atoms with Gasteiger partial charge < -0.3 is 5.73 Å². The molecule has 0 saturated carbocycles. The molecule has 0 atom stereocenters. The van der Waals surface area contributed by atoms with E-state index in [0.29, 0.717) is 38.0 Å². The summed E-state index contributed by atoms with van der Waals surface area (Å²) in [6, 6.07) is 13.1. The molecule has 0 bridgehead atoms. The Morgan fingerprint density at radius 3 is 2.56 bits per heavy atom. The van der Waals surface area contributed by atoms with E-state index in [0.717, 1.165) is 0 Å². The average Bonchev–Trinajstić information content (AvgIpc) is 2.56. The molecule has 3 nitrogen and oxygen atoms in total. The molecule has 0 saturated heterocycles. The largest absolute Gasteiger partial charge is 0.383 e. The highest BCUT2D eigenvalue weighted by molar-refractivity contribution is 6.36. The second-order valence-corrected chi connectivity index (χ2v) is 6.31. The van der Waals surface area contributed by atoms with Gasteiger partial charge in [0, 0.05) is 16.1 Å². The van der Waals surface area contributed by atoms with Gasteiger partial charge in [-0.25, -0.2) is 9.37 Å². The first kappa shape index (κ1) is 17.2. The van der Waals surface area contributed by atoms with Crippen molar-refractivity contribution < 1.29 is 4.39 Å². The zero-order valence-corrected chi connectivity index (χ0v) is 14.7. The number of nitriles is 1. The summed E-state index contributed by atoms with van der Waals surface area (Å²) >= 11 is 12.2. The minimum Gasteiger partial charge on any atom is -0.383 e. The monoisotopic (exact) mass is 371 g/mol. The number of nitrogen functional groups attached to an aromatic ring is 1. The SMILES string of the molecule is Cc1c(-c2ccc(Cl)cc2Cl)nc(N)c(C#N)c1-c1cccc(F)c1. The topological polar surface area (TPSA) is 62.7 Å². The molecule has 0 unspecified atom stereocenters. The molecule has 1 heterocycles. The number of aromatic nitrogens is 1. The van der Waals surface area contributed by atoms with Gasteiger partial charge in [0.15, 0.2) is 0 Å². The van der Waals surface area contributed by atoms with Gasteiger partial charge in [0.2, 0.25) is 0 Å². The first-order valence-electron chi connectivity index (χ1n) is 7.34. The van der Waals surface area contributed by atoms with Gasteiger partial charge in [-0.2, -0.15) is 5.26 Å². The fourth-order valence-electron chi connectivity index (χ4n) is 2.76. The molecule has 0 aliphatic carbocycles. The number of nitrogens with two attached hydrogens (primary N) is 1. The predicted molar refractivity (Wildman–Crippen MR) is 99.0 cm³/mol. The van der Waals surface area contributed by atoms with E-state index in [4.69, 9.17) is 28.9 Å². The normalized spacial score (nSPS) is 10.5. The molecule has 0 fully saturated rings. The summed E-state index contributed by atoms with van der Waals surface area (Å²) in [5.41, 5.74) is 9.13. The maximum Gasteiger partial charge on any atom is 0.142 e. The zero-order chi connectivity index (χ0) is 18.1. The number of nitrogens with zero attached hydrogens (tertiary/aromatic N) is 2. The molecule has 6 heteroatoms. The quantitative estimate of drug-likeness (QED) is 0.635. The number of pyridine rings is 1. The Hall–Kier alpha value is -2.61. The Balaban J connectivity index is 2.35. The van der Waals surface area contributed by atoms with Crippen LogP contribution in [-0.2, 0) is 0 Å². The van der Waals surface area contributed by atoms with Crippen molar-refractivity contribution in [2.24, 2.45) is 0 Å². The van der Waals surface area contributed by atoms with E-state index in [1.54, 1.807) is 37.3 Å². The number of benzene rings is 2. The van der Waals surface area contributed by atoms with E-state index >= 15 is 0 Å². The smallest absolute Gasteiger partial charge is 0.142 e. The highest BCUT2D eigenvalue weighted by Crippen LogP contribution is 2.38. The number of hydrogen-bond donors (Lipinski definition) is 1. The van der Waals surface area contributed by atoms with Crippen LogP contribution < -0.4 is 5.73 Å². The Morgan fingerprint density at radius 1 is 1.16 bits per heavy atom. The molecule has 0 amide bonds. The fraction of sp³-hybridized carbons (Fsp3) is 0.0526.